The Hall–Kier alpha value is -3.35. The third-order valence-corrected chi connectivity index (χ3v) is 7.17. The number of benzene rings is 2. The molecule has 3 aliphatic rings. The first-order chi connectivity index (χ1) is 16.0. The number of fused-ring (bicyclic) bond motifs is 3. The first-order valence-electron chi connectivity index (χ1n) is 11.6. The summed E-state index contributed by atoms with van der Waals surface area (Å²) in [6, 6.07) is 16.4. The summed E-state index contributed by atoms with van der Waals surface area (Å²) in [4.78, 5) is 38.0. The molecule has 0 radical (unpaired) electrons. The van der Waals surface area contributed by atoms with Gasteiger partial charge >= 0.3 is 12.1 Å². The highest BCUT2D eigenvalue weighted by atomic mass is 16.5. The van der Waals surface area contributed by atoms with Gasteiger partial charge in [-0.2, -0.15) is 0 Å². The third kappa shape index (κ3) is 4.32. The van der Waals surface area contributed by atoms with Crippen LogP contribution in [-0.4, -0.2) is 54.2 Å². The Kier molecular flexibility index (Phi) is 5.79. The number of aliphatic carboxylic acids is 1. The molecule has 2 aromatic rings. The number of hydrogen-bond acceptors (Lipinski definition) is 4. The van der Waals surface area contributed by atoms with Gasteiger partial charge in [0, 0.05) is 31.5 Å². The van der Waals surface area contributed by atoms with Gasteiger partial charge in [-0.15, -0.1) is 0 Å². The van der Waals surface area contributed by atoms with Crippen LogP contribution in [0.3, 0.4) is 0 Å². The smallest absolute Gasteiger partial charge is 0.407 e. The molecule has 2 amide bonds. The molecule has 7 heteroatoms. The fraction of sp³-hybridized carbons (Fsp3) is 0.423. The molecule has 5 rings (SSSR count). The number of amides is 2. The lowest BCUT2D eigenvalue weighted by molar-refractivity contribution is -0.146. The number of ether oxygens (including phenoxy) is 1. The number of piperidine rings is 1. The summed E-state index contributed by atoms with van der Waals surface area (Å²) in [7, 11) is 0. The quantitative estimate of drug-likeness (QED) is 0.705. The van der Waals surface area contributed by atoms with Gasteiger partial charge in [0.25, 0.3) is 0 Å². The Morgan fingerprint density at radius 3 is 2.36 bits per heavy atom. The summed E-state index contributed by atoms with van der Waals surface area (Å²) >= 11 is 0. The molecule has 0 aromatic heterocycles. The number of carbonyl (C=O) groups excluding carboxylic acids is 2. The van der Waals surface area contributed by atoms with E-state index >= 15 is 0 Å². The van der Waals surface area contributed by atoms with Gasteiger partial charge in [-0.25, -0.2) is 4.79 Å². The predicted octanol–water partition coefficient (Wildman–Crippen LogP) is 3.48. The largest absolute Gasteiger partial charge is 0.481 e. The first-order valence-corrected chi connectivity index (χ1v) is 11.6. The molecule has 1 heterocycles. The van der Waals surface area contributed by atoms with Crippen molar-refractivity contribution in [1.29, 1.82) is 0 Å². The topological polar surface area (TPSA) is 95.9 Å². The highest BCUT2D eigenvalue weighted by Crippen LogP contribution is 2.44. The van der Waals surface area contributed by atoms with Gasteiger partial charge in [0.2, 0.25) is 5.91 Å². The summed E-state index contributed by atoms with van der Waals surface area (Å²) < 4.78 is 5.56. The van der Waals surface area contributed by atoms with Crippen LogP contribution in [0.1, 0.15) is 36.3 Å². The van der Waals surface area contributed by atoms with Gasteiger partial charge in [-0.1, -0.05) is 48.5 Å². The van der Waals surface area contributed by atoms with Crippen LogP contribution in [-0.2, 0) is 14.3 Å². The van der Waals surface area contributed by atoms with Crippen LogP contribution >= 0.6 is 0 Å². The van der Waals surface area contributed by atoms with Gasteiger partial charge in [-0.3, -0.25) is 9.59 Å². The van der Waals surface area contributed by atoms with Crippen LogP contribution in [0.2, 0.25) is 0 Å². The molecule has 2 N–H and O–H groups in total. The van der Waals surface area contributed by atoms with E-state index in [2.05, 4.69) is 29.6 Å². The molecule has 33 heavy (non-hydrogen) atoms. The fourth-order valence-electron chi connectivity index (χ4n) is 5.25. The van der Waals surface area contributed by atoms with Gasteiger partial charge in [0.15, 0.2) is 0 Å². The van der Waals surface area contributed by atoms with E-state index < -0.39 is 18.0 Å². The molecule has 1 aliphatic heterocycles. The maximum absolute atomic E-state index is 12.7. The SMILES string of the molecule is O=C(NCC1CC1C(=O)N1CCC[C@@H](C(=O)O)C1)OCC1c2ccccc2-c2ccccc21. The molecule has 1 saturated carbocycles. The van der Waals surface area contributed by atoms with Crippen LogP contribution in [0.5, 0.6) is 0 Å². The molecule has 1 saturated heterocycles. The average molecular weight is 449 g/mol. The maximum atomic E-state index is 12.7. The molecule has 2 aromatic carbocycles. The van der Waals surface area contributed by atoms with Crippen LogP contribution < -0.4 is 5.32 Å². The van der Waals surface area contributed by atoms with Crippen molar-refractivity contribution in [1.82, 2.24) is 10.2 Å². The van der Waals surface area contributed by atoms with Crippen molar-refractivity contribution in [3.8, 4) is 11.1 Å². The van der Waals surface area contributed by atoms with Crippen LogP contribution in [0.15, 0.2) is 48.5 Å². The normalized spacial score (nSPS) is 23.4. The zero-order valence-electron chi connectivity index (χ0n) is 18.4. The van der Waals surface area contributed by atoms with E-state index in [4.69, 9.17) is 4.74 Å². The number of carboxylic acids is 1. The highest BCUT2D eigenvalue weighted by molar-refractivity contribution is 5.83. The Morgan fingerprint density at radius 2 is 1.70 bits per heavy atom. The van der Waals surface area contributed by atoms with Crippen molar-refractivity contribution in [2.75, 3.05) is 26.2 Å². The minimum absolute atomic E-state index is 0.0136. The van der Waals surface area contributed by atoms with E-state index in [0.29, 0.717) is 19.5 Å². The van der Waals surface area contributed by atoms with Gasteiger partial charge < -0.3 is 20.1 Å². The van der Waals surface area contributed by atoms with E-state index in [0.717, 1.165) is 12.8 Å². The summed E-state index contributed by atoms with van der Waals surface area (Å²) in [6.45, 7) is 1.56. The Balaban J connectivity index is 1.10. The lowest BCUT2D eigenvalue weighted by Crippen LogP contribution is -2.43. The Bertz CT molecular complexity index is 1040. The molecule has 3 atom stereocenters. The number of hydrogen-bond donors (Lipinski definition) is 2. The second kappa shape index (κ2) is 8.89. The monoisotopic (exact) mass is 448 g/mol. The molecule has 172 valence electrons. The highest BCUT2D eigenvalue weighted by Gasteiger charge is 2.46. The van der Waals surface area contributed by atoms with Crippen molar-refractivity contribution in [2.45, 2.75) is 25.2 Å². The number of carbonyl (C=O) groups is 3. The molecular weight excluding hydrogens is 420 g/mol. The lowest BCUT2D eigenvalue weighted by atomic mass is 9.98. The number of rotatable bonds is 6. The molecule has 7 nitrogen and oxygen atoms in total. The standard InChI is InChI=1S/C26H28N2O5/c29-24(28-11-5-6-16(14-28)25(30)31)22-12-17(22)13-27-26(32)33-15-23-20-9-3-1-7-18(20)19-8-2-4-10-21(19)23/h1-4,7-10,16-17,22-23H,5-6,11-15H2,(H,27,32)(H,30,31)/t16-,17?,22?/m1/s1. The number of nitrogens with one attached hydrogen (secondary N) is 1. The zero-order valence-corrected chi connectivity index (χ0v) is 18.4. The van der Waals surface area contributed by atoms with E-state index in [9.17, 15) is 19.5 Å². The van der Waals surface area contributed by atoms with E-state index in [1.54, 1.807) is 4.90 Å². The van der Waals surface area contributed by atoms with Crippen molar-refractivity contribution in [2.24, 2.45) is 17.8 Å². The van der Waals surface area contributed by atoms with Crippen LogP contribution in [0.25, 0.3) is 11.1 Å². The van der Waals surface area contributed by atoms with Gasteiger partial charge in [0.05, 0.1) is 5.92 Å². The van der Waals surface area contributed by atoms with Crippen molar-refractivity contribution in [3.05, 3.63) is 59.7 Å². The third-order valence-electron chi connectivity index (χ3n) is 7.17. The molecule has 0 spiro atoms. The number of likely N-dealkylation sites (tertiary alicyclic amines) is 1. The van der Waals surface area contributed by atoms with Crippen LogP contribution in [0, 0.1) is 17.8 Å². The average Bonchev–Trinajstić information content (AvgIpc) is 3.56. The predicted molar refractivity (Wildman–Crippen MR) is 122 cm³/mol. The van der Waals surface area contributed by atoms with Crippen molar-refractivity contribution < 1.29 is 24.2 Å². The summed E-state index contributed by atoms with van der Waals surface area (Å²) in [5.41, 5.74) is 4.70. The van der Waals surface area contributed by atoms with Gasteiger partial charge in [-0.05, 0) is 47.4 Å². The summed E-state index contributed by atoms with van der Waals surface area (Å²) in [5, 5.41) is 12.0. The first kappa shape index (κ1) is 21.5. The molecule has 2 fully saturated rings. The molecule has 2 unspecified atom stereocenters. The molecular formula is C26H28N2O5. The minimum atomic E-state index is -0.836. The van der Waals surface area contributed by atoms with Crippen LogP contribution in [0.4, 0.5) is 4.79 Å². The second-order valence-electron chi connectivity index (χ2n) is 9.27. The number of carboxylic acid groups (broad SMARTS) is 1. The minimum Gasteiger partial charge on any atom is -0.481 e. The zero-order chi connectivity index (χ0) is 22.9. The van der Waals surface area contributed by atoms with Gasteiger partial charge in [0.1, 0.15) is 6.61 Å². The lowest BCUT2D eigenvalue weighted by Gasteiger charge is -2.31. The maximum Gasteiger partial charge on any atom is 0.407 e. The summed E-state index contributed by atoms with van der Waals surface area (Å²) in [5.74, 6) is -1.33. The molecule has 2 aliphatic carbocycles. The Morgan fingerprint density at radius 1 is 1.03 bits per heavy atom. The van der Waals surface area contributed by atoms with Crippen molar-refractivity contribution >= 4 is 18.0 Å². The van der Waals surface area contributed by atoms with E-state index in [1.165, 1.54) is 22.3 Å². The Labute approximate surface area is 192 Å². The summed E-state index contributed by atoms with van der Waals surface area (Å²) in [6.07, 6.45) is 1.59. The second-order valence-corrected chi connectivity index (χ2v) is 9.27. The van der Waals surface area contributed by atoms with E-state index in [1.807, 2.05) is 24.3 Å². The number of nitrogens with zero attached hydrogens (tertiary/aromatic N) is 1. The molecule has 0 bridgehead atoms. The van der Waals surface area contributed by atoms with Crippen molar-refractivity contribution in [3.63, 3.8) is 0 Å². The van der Waals surface area contributed by atoms with E-state index in [-0.39, 0.29) is 36.8 Å². The number of alkyl carbamates (subject to hydrolysis) is 1. The fourth-order valence-corrected chi connectivity index (χ4v) is 5.25.